The molecule has 9 heteroatoms. The Labute approximate surface area is 387 Å². The fourth-order valence-corrected chi connectivity index (χ4v) is 10.0. The van der Waals surface area contributed by atoms with E-state index in [0.717, 1.165) is 89.1 Å². The second kappa shape index (κ2) is 15.9. The number of nitriles is 1. The van der Waals surface area contributed by atoms with Crippen LogP contribution < -0.4 is 0 Å². The fourth-order valence-electron chi connectivity index (χ4n) is 10.0. The molecule has 3 nitrogen and oxygen atoms in total. The second-order valence-electron chi connectivity index (χ2n) is 17.1. The third-order valence-corrected chi connectivity index (χ3v) is 13.1. The zero-order chi connectivity index (χ0) is 47.1. The molecule has 0 aliphatic heterocycles. The molecule has 0 saturated carbocycles. The lowest BCUT2D eigenvalue weighted by Crippen LogP contribution is -2.11. The van der Waals surface area contributed by atoms with Gasteiger partial charge < -0.3 is 9.13 Å². The number of nitrogens with zero attached hydrogens (tertiary/aromatic N) is 3. The van der Waals surface area contributed by atoms with Gasteiger partial charge in [0.05, 0.1) is 56.2 Å². The number of benzene rings is 9. The normalized spacial score (nSPS) is 12.1. The van der Waals surface area contributed by atoms with Gasteiger partial charge in [-0.3, -0.25) is 0 Å². The van der Waals surface area contributed by atoms with Gasteiger partial charge in [-0.1, -0.05) is 115 Å². The number of hydrogen-bond acceptors (Lipinski definition) is 1. The molecule has 68 heavy (non-hydrogen) atoms. The molecular weight excluding hydrogens is 865 g/mol. The van der Waals surface area contributed by atoms with Crippen LogP contribution in [0.2, 0.25) is 0 Å². The van der Waals surface area contributed by atoms with Crippen molar-refractivity contribution in [1.29, 1.82) is 5.26 Å². The van der Waals surface area contributed by atoms with E-state index in [1.165, 1.54) is 6.07 Å². The molecule has 11 rings (SSSR count). The van der Waals surface area contributed by atoms with E-state index in [-0.39, 0.29) is 28.3 Å². The van der Waals surface area contributed by atoms with Gasteiger partial charge in [0.25, 0.3) is 0 Å². The number of hydrogen-bond donors (Lipinski definition) is 0. The SMILES string of the molecule is Cc1ccccc1-c1ccc2c(c1)c1ccccc1n2-c1cccc(C#N)c1-c1c(-c2cc(C(F)(F)F)cc(C(F)(F)F)c2)cccc1-n1c2ccccc2c2cc(-c3ccccc3C)ccc21. The number of fused-ring (bicyclic) bond motifs is 6. The molecule has 0 aliphatic rings. The summed E-state index contributed by atoms with van der Waals surface area (Å²) in [7, 11) is 0. The largest absolute Gasteiger partial charge is 0.416 e. The minimum absolute atomic E-state index is 0.0770. The number of aryl methyl sites for hydroxylation is 2. The topological polar surface area (TPSA) is 33.6 Å². The maximum Gasteiger partial charge on any atom is 0.416 e. The van der Waals surface area contributed by atoms with Gasteiger partial charge in [-0.05, 0) is 131 Å². The molecule has 0 atom stereocenters. The Morgan fingerprint density at radius 3 is 1.29 bits per heavy atom. The number of aromatic nitrogens is 2. The van der Waals surface area contributed by atoms with Crippen molar-refractivity contribution >= 4 is 43.6 Å². The van der Waals surface area contributed by atoms with E-state index in [1.54, 1.807) is 18.2 Å². The van der Waals surface area contributed by atoms with Gasteiger partial charge in [0.15, 0.2) is 0 Å². The summed E-state index contributed by atoms with van der Waals surface area (Å²) in [5.74, 6) is 0. The quantitative estimate of drug-likeness (QED) is 0.153. The van der Waals surface area contributed by atoms with E-state index in [0.29, 0.717) is 16.9 Å². The van der Waals surface area contributed by atoms with Crippen LogP contribution >= 0.6 is 0 Å². The van der Waals surface area contributed by atoms with Crippen molar-refractivity contribution in [3.63, 3.8) is 0 Å². The first-order chi connectivity index (χ1) is 32.8. The predicted octanol–water partition coefficient (Wildman–Crippen LogP) is 17.1. The molecule has 2 aromatic heterocycles. The van der Waals surface area contributed by atoms with Crippen LogP contribution in [0.4, 0.5) is 26.3 Å². The van der Waals surface area contributed by atoms with E-state index in [1.807, 2.05) is 131 Å². The number of rotatable bonds is 6. The van der Waals surface area contributed by atoms with Crippen LogP contribution in [-0.2, 0) is 12.4 Å². The molecular formula is C59H37F6N3. The average molecular weight is 902 g/mol. The van der Waals surface area contributed by atoms with Gasteiger partial charge in [-0.25, -0.2) is 0 Å². The molecule has 0 saturated heterocycles. The highest BCUT2D eigenvalue weighted by atomic mass is 19.4. The predicted molar refractivity (Wildman–Crippen MR) is 261 cm³/mol. The van der Waals surface area contributed by atoms with Gasteiger partial charge in [-0.15, -0.1) is 0 Å². The molecule has 11 aromatic rings. The highest BCUT2D eigenvalue weighted by molar-refractivity contribution is 6.13. The molecule has 330 valence electrons. The summed E-state index contributed by atoms with van der Waals surface area (Å²) in [4.78, 5) is 0. The minimum Gasteiger partial charge on any atom is -0.309 e. The summed E-state index contributed by atoms with van der Waals surface area (Å²) in [6, 6.07) is 58.4. The van der Waals surface area contributed by atoms with Crippen LogP contribution in [0.5, 0.6) is 0 Å². The van der Waals surface area contributed by atoms with Crippen molar-refractivity contribution in [3.05, 3.63) is 216 Å². The molecule has 0 bridgehead atoms. The van der Waals surface area contributed by atoms with E-state index in [4.69, 9.17) is 0 Å². The molecule has 0 fully saturated rings. The van der Waals surface area contributed by atoms with Crippen LogP contribution in [0.3, 0.4) is 0 Å². The second-order valence-corrected chi connectivity index (χ2v) is 17.1. The molecule has 9 aromatic carbocycles. The fraction of sp³-hybridized carbons (Fsp3) is 0.0678. The van der Waals surface area contributed by atoms with Crippen molar-refractivity contribution in [3.8, 4) is 62.0 Å². The summed E-state index contributed by atoms with van der Waals surface area (Å²) >= 11 is 0. The lowest BCUT2D eigenvalue weighted by molar-refractivity contribution is -0.143. The zero-order valence-electron chi connectivity index (χ0n) is 36.5. The number of alkyl halides is 6. The monoisotopic (exact) mass is 901 g/mol. The Morgan fingerprint density at radius 2 is 0.809 bits per heavy atom. The Balaban J connectivity index is 1.28. The molecule has 0 unspecified atom stereocenters. The lowest BCUT2D eigenvalue weighted by Gasteiger charge is -2.23. The van der Waals surface area contributed by atoms with Gasteiger partial charge in [-0.2, -0.15) is 31.6 Å². The first-order valence-corrected chi connectivity index (χ1v) is 22.0. The molecule has 0 aliphatic carbocycles. The Kier molecular flexibility index (Phi) is 9.90. The zero-order valence-corrected chi connectivity index (χ0v) is 36.5. The molecule has 0 amide bonds. The van der Waals surface area contributed by atoms with E-state index < -0.39 is 23.5 Å². The maximum atomic E-state index is 14.7. The highest BCUT2D eigenvalue weighted by Crippen LogP contribution is 2.48. The van der Waals surface area contributed by atoms with Gasteiger partial charge >= 0.3 is 12.4 Å². The summed E-state index contributed by atoms with van der Waals surface area (Å²) in [6.07, 6.45) is -10.2. The minimum atomic E-state index is -5.11. The van der Waals surface area contributed by atoms with Crippen molar-refractivity contribution < 1.29 is 26.3 Å². The standard InChI is InChI=1S/C59H37F6N3/c1-35-13-3-5-16-43(35)37-25-27-52-48(31-37)46-18-7-9-21-50(46)67(52)54-23-11-15-39(34-66)56(54)57-45(40-29-41(58(60,61)62)33-42(30-40)59(63,64)65)20-12-24-55(57)68-51-22-10-8-19-47(51)49-32-38(26-28-53(49)68)44-17-6-4-14-36(44)2/h3-33H,1-2H3. The number of para-hydroxylation sites is 2. The summed E-state index contributed by atoms with van der Waals surface area (Å²) in [5, 5.41) is 14.7. The summed E-state index contributed by atoms with van der Waals surface area (Å²) in [6.45, 7) is 4.10. The first kappa shape index (κ1) is 42.3. The van der Waals surface area contributed by atoms with E-state index >= 15 is 0 Å². The van der Waals surface area contributed by atoms with Crippen molar-refractivity contribution in [2.24, 2.45) is 0 Å². The van der Waals surface area contributed by atoms with Crippen LogP contribution in [0, 0.1) is 25.2 Å². The van der Waals surface area contributed by atoms with Crippen LogP contribution in [0.1, 0.15) is 27.8 Å². The third-order valence-electron chi connectivity index (χ3n) is 13.1. The van der Waals surface area contributed by atoms with E-state index in [9.17, 15) is 31.6 Å². The van der Waals surface area contributed by atoms with Crippen LogP contribution in [0.15, 0.2) is 188 Å². The highest BCUT2D eigenvalue weighted by Gasteiger charge is 2.38. The first-order valence-electron chi connectivity index (χ1n) is 22.0. The Bertz CT molecular complexity index is 3850. The van der Waals surface area contributed by atoms with Crippen LogP contribution in [-0.4, -0.2) is 9.13 Å². The van der Waals surface area contributed by atoms with E-state index in [2.05, 4.69) is 43.3 Å². The molecule has 0 N–H and O–H groups in total. The van der Waals surface area contributed by atoms with Crippen molar-refractivity contribution in [2.75, 3.05) is 0 Å². The lowest BCUT2D eigenvalue weighted by atomic mass is 9.87. The Hall–Kier alpha value is -8.35. The molecule has 0 radical (unpaired) electrons. The molecule has 0 spiro atoms. The van der Waals surface area contributed by atoms with Gasteiger partial charge in [0, 0.05) is 32.7 Å². The van der Waals surface area contributed by atoms with Gasteiger partial charge in [0.1, 0.15) is 0 Å². The van der Waals surface area contributed by atoms with Crippen LogP contribution in [0.25, 0.3) is 99.5 Å². The van der Waals surface area contributed by atoms with Gasteiger partial charge in [0.2, 0.25) is 0 Å². The number of halogens is 6. The average Bonchev–Trinajstić information content (AvgIpc) is 3.85. The molecule has 2 heterocycles. The Morgan fingerprint density at radius 1 is 0.382 bits per heavy atom. The van der Waals surface area contributed by atoms with Crippen molar-refractivity contribution in [1.82, 2.24) is 9.13 Å². The third kappa shape index (κ3) is 6.91. The summed E-state index contributed by atoms with van der Waals surface area (Å²) < 4.78 is 92.3. The smallest absolute Gasteiger partial charge is 0.309 e. The maximum absolute atomic E-state index is 14.7. The van der Waals surface area contributed by atoms with Crippen molar-refractivity contribution in [2.45, 2.75) is 26.2 Å². The summed E-state index contributed by atoms with van der Waals surface area (Å²) in [5.41, 5.74) is 7.97.